The van der Waals surface area contributed by atoms with Gasteiger partial charge in [-0.05, 0) is 0 Å². The fourth-order valence-electron chi connectivity index (χ4n) is 2.58. The molecule has 8 heteroatoms. The first-order valence-electron chi connectivity index (χ1n) is 7.90. The van der Waals surface area contributed by atoms with Crippen molar-refractivity contribution in [3.8, 4) is 0 Å². The zero-order valence-corrected chi connectivity index (χ0v) is 15.1. The van der Waals surface area contributed by atoms with Crippen LogP contribution in [0.3, 0.4) is 0 Å². The second-order valence-electron chi connectivity index (χ2n) is 6.36. The van der Waals surface area contributed by atoms with Crippen LogP contribution >= 0.6 is 11.3 Å². The molecular weight excluding hydrogens is 326 g/mol. The van der Waals surface area contributed by atoms with E-state index in [0.29, 0.717) is 36.9 Å². The maximum atomic E-state index is 12.6. The van der Waals surface area contributed by atoms with Crippen LogP contribution in [0.5, 0.6) is 0 Å². The summed E-state index contributed by atoms with van der Waals surface area (Å²) in [5.74, 6) is 0.0793. The molecular formula is C16H21N5O2S. The summed E-state index contributed by atoms with van der Waals surface area (Å²) in [7, 11) is 3.48. The van der Waals surface area contributed by atoms with E-state index < -0.39 is 0 Å². The number of aromatic nitrogens is 3. The summed E-state index contributed by atoms with van der Waals surface area (Å²) in [5, 5.41) is 7.34. The number of carbonyl (C=O) groups is 2. The predicted octanol–water partition coefficient (Wildman–Crippen LogP) is 1.82. The minimum absolute atomic E-state index is 0.100. The monoisotopic (exact) mass is 347 g/mol. The van der Waals surface area contributed by atoms with Crippen molar-refractivity contribution in [1.82, 2.24) is 24.6 Å². The third-order valence-electron chi connectivity index (χ3n) is 4.02. The number of carbonyl (C=O) groups excluding carboxylic acids is 2. The van der Waals surface area contributed by atoms with Crippen molar-refractivity contribution in [2.45, 2.75) is 32.9 Å². The van der Waals surface area contributed by atoms with E-state index >= 15 is 0 Å². The standard InChI is InChI=1S/C16H21N5O2S/c1-10(2)14-17-11(9-24-14)8-20(4)15(22)12-7-13-16(23)19(3)5-6-21(13)18-12/h7,9-10H,5-6,8H2,1-4H3. The van der Waals surface area contributed by atoms with Crippen LogP contribution < -0.4 is 0 Å². The van der Waals surface area contributed by atoms with Gasteiger partial charge in [-0.15, -0.1) is 11.3 Å². The van der Waals surface area contributed by atoms with Gasteiger partial charge in [-0.3, -0.25) is 14.3 Å². The smallest absolute Gasteiger partial charge is 0.274 e. The van der Waals surface area contributed by atoms with Crippen molar-refractivity contribution in [1.29, 1.82) is 0 Å². The fourth-order valence-corrected chi connectivity index (χ4v) is 3.40. The number of likely N-dealkylation sites (N-methyl/N-ethyl adjacent to an activating group) is 1. The maximum absolute atomic E-state index is 12.6. The Labute approximate surface area is 144 Å². The number of hydrogen-bond donors (Lipinski definition) is 0. The number of rotatable bonds is 4. The molecule has 0 radical (unpaired) electrons. The van der Waals surface area contributed by atoms with Crippen LogP contribution in [-0.2, 0) is 13.1 Å². The van der Waals surface area contributed by atoms with Gasteiger partial charge in [0.2, 0.25) is 0 Å². The summed E-state index contributed by atoms with van der Waals surface area (Å²) in [6.07, 6.45) is 0. The average molecular weight is 347 g/mol. The van der Waals surface area contributed by atoms with Gasteiger partial charge < -0.3 is 9.80 Å². The number of fused-ring (bicyclic) bond motifs is 1. The summed E-state index contributed by atoms with van der Waals surface area (Å²) >= 11 is 1.61. The van der Waals surface area contributed by atoms with E-state index in [4.69, 9.17) is 0 Å². The number of amides is 2. The van der Waals surface area contributed by atoms with E-state index in [9.17, 15) is 9.59 Å². The van der Waals surface area contributed by atoms with Crippen LogP contribution in [-0.4, -0.2) is 57.0 Å². The summed E-state index contributed by atoms with van der Waals surface area (Å²) in [6.45, 7) is 5.84. The molecule has 0 aromatic carbocycles. The molecule has 0 spiro atoms. The van der Waals surface area contributed by atoms with Crippen LogP contribution in [0, 0.1) is 0 Å². The lowest BCUT2D eigenvalue weighted by Crippen LogP contribution is -2.37. The summed E-state index contributed by atoms with van der Waals surface area (Å²) in [5.41, 5.74) is 1.64. The Morgan fingerprint density at radius 1 is 1.42 bits per heavy atom. The predicted molar refractivity (Wildman–Crippen MR) is 91.2 cm³/mol. The SMILES string of the molecule is CC(C)c1nc(CN(C)C(=O)c2cc3n(n2)CCN(C)C3=O)cs1. The first kappa shape index (κ1) is 16.6. The Kier molecular flexibility index (Phi) is 4.40. The molecule has 0 N–H and O–H groups in total. The molecule has 2 aromatic heterocycles. The van der Waals surface area contributed by atoms with Crippen LogP contribution in [0.15, 0.2) is 11.4 Å². The molecule has 0 saturated heterocycles. The third kappa shape index (κ3) is 3.06. The van der Waals surface area contributed by atoms with E-state index in [1.807, 2.05) is 5.38 Å². The Bertz CT molecular complexity index is 779. The number of hydrogen-bond acceptors (Lipinski definition) is 5. The molecule has 7 nitrogen and oxygen atoms in total. The van der Waals surface area contributed by atoms with E-state index in [1.54, 1.807) is 46.0 Å². The minimum Gasteiger partial charge on any atom is -0.339 e. The molecule has 0 fully saturated rings. The van der Waals surface area contributed by atoms with Crippen molar-refractivity contribution in [2.75, 3.05) is 20.6 Å². The average Bonchev–Trinajstić information content (AvgIpc) is 3.17. The molecule has 0 atom stereocenters. The third-order valence-corrected chi connectivity index (χ3v) is 5.22. The van der Waals surface area contributed by atoms with Crippen LogP contribution in [0.1, 0.15) is 51.4 Å². The van der Waals surface area contributed by atoms with Crippen molar-refractivity contribution >= 4 is 23.2 Å². The van der Waals surface area contributed by atoms with Crippen LogP contribution in [0.2, 0.25) is 0 Å². The Morgan fingerprint density at radius 3 is 2.83 bits per heavy atom. The van der Waals surface area contributed by atoms with Gasteiger partial charge in [0.15, 0.2) is 5.69 Å². The molecule has 1 aliphatic heterocycles. The van der Waals surface area contributed by atoms with Gasteiger partial charge in [0.25, 0.3) is 11.8 Å². The van der Waals surface area contributed by atoms with E-state index in [1.165, 1.54) is 0 Å². The zero-order valence-electron chi connectivity index (χ0n) is 14.3. The first-order chi connectivity index (χ1) is 11.4. The van der Waals surface area contributed by atoms with Gasteiger partial charge >= 0.3 is 0 Å². The molecule has 0 saturated carbocycles. The van der Waals surface area contributed by atoms with Crippen molar-refractivity contribution in [2.24, 2.45) is 0 Å². The molecule has 0 unspecified atom stereocenters. The lowest BCUT2D eigenvalue weighted by atomic mass is 10.2. The number of nitrogens with zero attached hydrogens (tertiary/aromatic N) is 5. The van der Waals surface area contributed by atoms with E-state index in [-0.39, 0.29) is 11.8 Å². The van der Waals surface area contributed by atoms with Crippen molar-refractivity contribution in [3.05, 3.63) is 33.5 Å². The highest BCUT2D eigenvalue weighted by atomic mass is 32.1. The van der Waals surface area contributed by atoms with Crippen LogP contribution in [0.4, 0.5) is 0 Å². The lowest BCUT2D eigenvalue weighted by molar-refractivity contribution is 0.0738. The van der Waals surface area contributed by atoms with Gasteiger partial charge in [-0.1, -0.05) is 13.8 Å². The first-order valence-corrected chi connectivity index (χ1v) is 8.78. The molecule has 3 rings (SSSR count). The second-order valence-corrected chi connectivity index (χ2v) is 7.25. The lowest BCUT2D eigenvalue weighted by Gasteiger charge is -2.22. The van der Waals surface area contributed by atoms with Gasteiger partial charge in [-0.25, -0.2) is 4.98 Å². The highest BCUT2D eigenvalue weighted by molar-refractivity contribution is 7.09. The molecule has 1 aliphatic rings. The van der Waals surface area contributed by atoms with E-state index in [0.717, 1.165) is 10.7 Å². The highest BCUT2D eigenvalue weighted by Gasteiger charge is 2.26. The summed E-state index contributed by atoms with van der Waals surface area (Å²) in [4.78, 5) is 32.5. The minimum atomic E-state index is -0.202. The Balaban J connectivity index is 1.74. The van der Waals surface area contributed by atoms with Gasteiger partial charge in [0, 0.05) is 38.0 Å². The molecule has 3 heterocycles. The maximum Gasteiger partial charge on any atom is 0.274 e. The Hall–Kier alpha value is -2.22. The Morgan fingerprint density at radius 2 is 2.17 bits per heavy atom. The van der Waals surface area contributed by atoms with Gasteiger partial charge in [0.05, 0.1) is 23.8 Å². The second kappa shape index (κ2) is 6.35. The van der Waals surface area contributed by atoms with Crippen molar-refractivity contribution < 1.29 is 9.59 Å². The normalized spacial score (nSPS) is 14.2. The van der Waals surface area contributed by atoms with Gasteiger partial charge in [-0.2, -0.15) is 5.10 Å². The number of thiazole rings is 1. The molecule has 24 heavy (non-hydrogen) atoms. The topological polar surface area (TPSA) is 71.3 Å². The van der Waals surface area contributed by atoms with Crippen molar-refractivity contribution in [3.63, 3.8) is 0 Å². The summed E-state index contributed by atoms with van der Waals surface area (Å²) in [6, 6.07) is 1.58. The molecule has 2 aromatic rings. The van der Waals surface area contributed by atoms with E-state index in [2.05, 4.69) is 23.9 Å². The summed E-state index contributed by atoms with van der Waals surface area (Å²) < 4.78 is 1.61. The molecule has 2 amide bonds. The van der Waals surface area contributed by atoms with Crippen LogP contribution in [0.25, 0.3) is 0 Å². The molecule has 128 valence electrons. The quantitative estimate of drug-likeness (QED) is 0.846. The molecule has 0 bridgehead atoms. The largest absolute Gasteiger partial charge is 0.339 e. The highest BCUT2D eigenvalue weighted by Crippen LogP contribution is 2.20. The zero-order chi connectivity index (χ0) is 17.4. The molecule has 0 aliphatic carbocycles. The van der Waals surface area contributed by atoms with Gasteiger partial charge in [0.1, 0.15) is 5.69 Å². The fraction of sp³-hybridized carbons (Fsp3) is 0.500.